The summed E-state index contributed by atoms with van der Waals surface area (Å²) in [6.45, 7) is 1.93. The Morgan fingerprint density at radius 2 is 2.06 bits per heavy atom. The van der Waals surface area contributed by atoms with Crippen LogP contribution in [0.1, 0.15) is 21.7 Å². The van der Waals surface area contributed by atoms with Crippen molar-refractivity contribution in [2.75, 3.05) is 0 Å². The molecule has 0 bridgehead atoms. The second-order valence-electron chi connectivity index (χ2n) is 3.69. The fourth-order valence-corrected chi connectivity index (χ4v) is 2.11. The molecular formula is C11H8Cl3N3O. The SMILES string of the molecule is Cc1cccc(-n2nnc(C=O)c2C(Cl)(Cl)Cl)c1. The van der Waals surface area contributed by atoms with E-state index in [4.69, 9.17) is 34.8 Å². The van der Waals surface area contributed by atoms with E-state index < -0.39 is 3.79 Å². The van der Waals surface area contributed by atoms with Crippen molar-refractivity contribution in [2.24, 2.45) is 0 Å². The molecule has 0 saturated heterocycles. The van der Waals surface area contributed by atoms with Crippen molar-refractivity contribution in [3.63, 3.8) is 0 Å². The van der Waals surface area contributed by atoms with E-state index in [1.807, 2.05) is 25.1 Å². The van der Waals surface area contributed by atoms with Crippen molar-refractivity contribution in [1.29, 1.82) is 0 Å². The third-order valence-electron chi connectivity index (χ3n) is 2.32. The summed E-state index contributed by atoms with van der Waals surface area (Å²) < 4.78 is -0.423. The Morgan fingerprint density at radius 3 is 2.61 bits per heavy atom. The first-order valence-electron chi connectivity index (χ1n) is 4.98. The molecule has 1 aromatic heterocycles. The maximum atomic E-state index is 10.9. The number of aldehydes is 1. The van der Waals surface area contributed by atoms with Crippen LogP contribution in [0, 0.1) is 6.92 Å². The molecule has 0 fully saturated rings. The lowest BCUT2D eigenvalue weighted by Gasteiger charge is -2.13. The Hall–Kier alpha value is -1.10. The van der Waals surface area contributed by atoms with Crippen LogP contribution in [0.3, 0.4) is 0 Å². The van der Waals surface area contributed by atoms with E-state index >= 15 is 0 Å². The molecule has 0 aliphatic heterocycles. The highest BCUT2D eigenvalue weighted by Crippen LogP contribution is 2.39. The summed E-state index contributed by atoms with van der Waals surface area (Å²) in [6.07, 6.45) is 0.510. The monoisotopic (exact) mass is 303 g/mol. The van der Waals surface area contributed by atoms with Gasteiger partial charge in [-0.1, -0.05) is 52.1 Å². The summed E-state index contributed by atoms with van der Waals surface area (Å²) in [5.41, 5.74) is 1.84. The minimum atomic E-state index is -1.77. The van der Waals surface area contributed by atoms with Gasteiger partial charge in [0.25, 0.3) is 0 Å². The highest BCUT2D eigenvalue weighted by Gasteiger charge is 2.33. The van der Waals surface area contributed by atoms with Gasteiger partial charge in [-0.15, -0.1) is 5.10 Å². The highest BCUT2D eigenvalue weighted by atomic mass is 35.6. The van der Waals surface area contributed by atoms with Gasteiger partial charge in [0, 0.05) is 0 Å². The van der Waals surface area contributed by atoms with Crippen LogP contribution in [0.5, 0.6) is 0 Å². The van der Waals surface area contributed by atoms with Crippen LogP contribution in [0.25, 0.3) is 5.69 Å². The summed E-state index contributed by atoms with van der Waals surface area (Å²) in [6, 6.07) is 7.41. The summed E-state index contributed by atoms with van der Waals surface area (Å²) >= 11 is 17.5. The van der Waals surface area contributed by atoms with Gasteiger partial charge in [-0.3, -0.25) is 4.79 Å². The van der Waals surface area contributed by atoms with Crippen LogP contribution in [-0.4, -0.2) is 21.3 Å². The van der Waals surface area contributed by atoms with Gasteiger partial charge < -0.3 is 0 Å². The Balaban J connectivity index is 2.65. The molecular weight excluding hydrogens is 297 g/mol. The standard InChI is InChI=1S/C11H8Cl3N3O/c1-7-3-2-4-8(5-7)17-10(11(12,13)14)9(6-18)15-16-17/h2-6H,1H3. The fourth-order valence-electron chi connectivity index (χ4n) is 1.58. The quantitative estimate of drug-likeness (QED) is 0.632. The first-order valence-corrected chi connectivity index (χ1v) is 6.12. The number of hydrogen-bond acceptors (Lipinski definition) is 3. The van der Waals surface area contributed by atoms with Gasteiger partial charge in [0.05, 0.1) is 5.69 Å². The van der Waals surface area contributed by atoms with E-state index in [0.29, 0.717) is 12.0 Å². The summed E-state index contributed by atoms with van der Waals surface area (Å²) in [7, 11) is 0. The molecule has 0 unspecified atom stereocenters. The number of aryl methyl sites for hydroxylation is 1. The van der Waals surface area contributed by atoms with Crippen molar-refractivity contribution < 1.29 is 4.79 Å². The van der Waals surface area contributed by atoms with Crippen molar-refractivity contribution in [2.45, 2.75) is 10.7 Å². The number of aromatic nitrogens is 3. The minimum absolute atomic E-state index is 0.0107. The van der Waals surface area contributed by atoms with Crippen molar-refractivity contribution in [1.82, 2.24) is 15.0 Å². The average molecular weight is 305 g/mol. The Labute approximate surface area is 118 Å². The van der Waals surface area contributed by atoms with Crippen LogP contribution in [-0.2, 0) is 3.79 Å². The number of carbonyl (C=O) groups is 1. The molecule has 7 heteroatoms. The molecule has 0 saturated carbocycles. The lowest BCUT2D eigenvalue weighted by atomic mass is 10.2. The summed E-state index contributed by atoms with van der Waals surface area (Å²) in [4.78, 5) is 10.9. The van der Waals surface area contributed by atoms with Gasteiger partial charge in [0.1, 0.15) is 5.69 Å². The van der Waals surface area contributed by atoms with Gasteiger partial charge in [0.2, 0.25) is 3.79 Å². The topological polar surface area (TPSA) is 47.8 Å². The lowest BCUT2D eigenvalue weighted by molar-refractivity contribution is 0.111. The third kappa shape index (κ3) is 2.51. The molecule has 0 atom stereocenters. The second-order valence-corrected chi connectivity index (χ2v) is 5.97. The zero-order chi connectivity index (χ0) is 13.3. The smallest absolute Gasteiger partial charge is 0.235 e. The van der Waals surface area contributed by atoms with Crippen LogP contribution < -0.4 is 0 Å². The molecule has 4 nitrogen and oxygen atoms in total. The molecule has 0 amide bonds. The lowest BCUT2D eigenvalue weighted by Crippen LogP contribution is -2.12. The van der Waals surface area contributed by atoms with Crippen LogP contribution in [0.15, 0.2) is 24.3 Å². The van der Waals surface area contributed by atoms with Crippen molar-refractivity contribution in [3.05, 3.63) is 41.2 Å². The van der Waals surface area contributed by atoms with Crippen LogP contribution in [0.4, 0.5) is 0 Å². The Kier molecular flexibility index (Phi) is 3.61. The number of halogens is 3. The number of nitrogens with zero attached hydrogens (tertiary/aromatic N) is 3. The van der Waals surface area contributed by atoms with Crippen molar-refractivity contribution in [3.8, 4) is 5.69 Å². The molecule has 0 N–H and O–H groups in total. The molecule has 0 aliphatic rings. The number of hydrogen-bond donors (Lipinski definition) is 0. The Morgan fingerprint density at radius 1 is 1.33 bits per heavy atom. The van der Waals surface area contributed by atoms with Gasteiger partial charge in [-0.05, 0) is 24.6 Å². The zero-order valence-corrected chi connectivity index (χ0v) is 11.5. The van der Waals surface area contributed by atoms with Gasteiger partial charge in [0.15, 0.2) is 12.0 Å². The molecule has 1 aromatic carbocycles. The first kappa shape index (κ1) is 13.3. The third-order valence-corrected chi connectivity index (χ3v) is 2.86. The Bertz CT molecular complexity index is 589. The summed E-state index contributed by atoms with van der Waals surface area (Å²) in [5.74, 6) is 0. The van der Waals surface area contributed by atoms with Gasteiger partial charge >= 0.3 is 0 Å². The molecule has 2 aromatic rings. The molecule has 94 valence electrons. The van der Waals surface area contributed by atoms with E-state index in [1.165, 1.54) is 4.68 Å². The minimum Gasteiger partial charge on any atom is -0.296 e. The largest absolute Gasteiger partial charge is 0.296 e. The predicted octanol–water partition coefficient (Wildman–Crippen LogP) is 3.21. The van der Waals surface area contributed by atoms with Crippen LogP contribution >= 0.6 is 34.8 Å². The molecule has 0 aliphatic carbocycles. The molecule has 18 heavy (non-hydrogen) atoms. The highest BCUT2D eigenvalue weighted by molar-refractivity contribution is 6.66. The number of benzene rings is 1. The number of carbonyl (C=O) groups excluding carboxylic acids is 1. The second kappa shape index (κ2) is 4.88. The van der Waals surface area contributed by atoms with Crippen LogP contribution in [0.2, 0.25) is 0 Å². The van der Waals surface area contributed by atoms with E-state index in [-0.39, 0.29) is 11.4 Å². The van der Waals surface area contributed by atoms with Crippen molar-refractivity contribution >= 4 is 41.1 Å². The fraction of sp³-hybridized carbons (Fsp3) is 0.182. The van der Waals surface area contributed by atoms with E-state index in [9.17, 15) is 4.79 Å². The molecule has 1 heterocycles. The van der Waals surface area contributed by atoms with E-state index in [1.54, 1.807) is 6.07 Å². The van der Waals surface area contributed by atoms with Gasteiger partial charge in [-0.2, -0.15) is 0 Å². The predicted molar refractivity (Wildman–Crippen MR) is 70.7 cm³/mol. The molecule has 0 radical (unpaired) electrons. The normalized spacial score (nSPS) is 11.6. The first-order chi connectivity index (χ1) is 8.43. The number of rotatable bonds is 2. The maximum Gasteiger partial charge on any atom is 0.235 e. The maximum absolute atomic E-state index is 10.9. The van der Waals surface area contributed by atoms with E-state index in [2.05, 4.69) is 10.3 Å². The molecule has 2 rings (SSSR count). The number of alkyl halides is 3. The zero-order valence-electron chi connectivity index (χ0n) is 9.27. The van der Waals surface area contributed by atoms with E-state index in [0.717, 1.165) is 5.56 Å². The average Bonchev–Trinajstić information content (AvgIpc) is 2.72. The van der Waals surface area contributed by atoms with Gasteiger partial charge in [-0.25, -0.2) is 4.68 Å². The summed E-state index contributed by atoms with van der Waals surface area (Å²) in [5, 5.41) is 7.55. The molecule has 0 spiro atoms.